The summed E-state index contributed by atoms with van der Waals surface area (Å²) in [7, 11) is 1.42. The summed E-state index contributed by atoms with van der Waals surface area (Å²) in [5, 5.41) is 11.5. The Hall–Kier alpha value is -1.69. The van der Waals surface area contributed by atoms with Crippen molar-refractivity contribution >= 4 is 27.3 Å². The summed E-state index contributed by atoms with van der Waals surface area (Å²) < 4.78 is 9.88. The molecule has 0 aliphatic heterocycles. The van der Waals surface area contributed by atoms with Gasteiger partial charge in [-0.3, -0.25) is 10.1 Å². The lowest BCUT2D eigenvalue weighted by Crippen LogP contribution is -1.94. The van der Waals surface area contributed by atoms with Gasteiger partial charge < -0.3 is 4.74 Å². The molecule has 0 aliphatic carbocycles. The van der Waals surface area contributed by atoms with Gasteiger partial charge in [0.05, 0.1) is 27.8 Å². The van der Waals surface area contributed by atoms with Crippen molar-refractivity contribution < 1.29 is 9.66 Å². The summed E-state index contributed by atoms with van der Waals surface area (Å²) >= 11 is 1.25. The first-order chi connectivity index (χ1) is 7.15. The molecule has 0 saturated carbocycles. The molecule has 0 atom stereocenters. The first-order valence-corrected chi connectivity index (χ1v) is 5.00. The van der Waals surface area contributed by atoms with E-state index in [0.29, 0.717) is 11.1 Å². The first-order valence-electron chi connectivity index (χ1n) is 4.22. The minimum Gasteiger partial charge on any atom is -0.490 e. The molecule has 0 saturated heterocycles. The van der Waals surface area contributed by atoms with Crippen molar-refractivity contribution in [2.75, 3.05) is 7.11 Å². The molecule has 0 unspecified atom stereocenters. The summed E-state index contributed by atoms with van der Waals surface area (Å²) in [6, 6.07) is 3.38. The van der Waals surface area contributed by atoms with E-state index < -0.39 is 4.92 Å². The first kappa shape index (κ1) is 9.85. The van der Waals surface area contributed by atoms with E-state index in [0.717, 1.165) is 4.70 Å². The quantitative estimate of drug-likeness (QED) is 0.580. The van der Waals surface area contributed by atoms with Crippen molar-refractivity contribution in [2.24, 2.45) is 0 Å². The Balaban J connectivity index is 2.89. The van der Waals surface area contributed by atoms with Gasteiger partial charge in [-0.1, -0.05) is 0 Å². The number of ether oxygens (including phenoxy) is 1. The van der Waals surface area contributed by atoms with Crippen LogP contribution in [-0.4, -0.2) is 16.4 Å². The molecule has 5 nitrogen and oxygen atoms in total. The molecular formula is C9H8N2O3S. The zero-order valence-electron chi connectivity index (χ0n) is 8.18. The molecule has 1 heterocycles. The Morgan fingerprint density at radius 1 is 1.53 bits per heavy atom. The van der Waals surface area contributed by atoms with Crippen molar-refractivity contribution in [2.45, 2.75) is 6.92 Å². The Labute approximate surface area is 89.6 Å². The van der Waals surface area contributed by atoms with Gasteiger partial charge in [0.1, 0.15) is 0 Å². The maximum Gasteiger partial charge on any atom is 0.321 e. The molecule has 0 radical (unpaired) electrons. The monoisotopic (exact) mass is 224 g/mol. The molecule has 0 spiro atoms. The highest BCUT2D eigenvalue weighted by Gasteiger charge is 2.22. The van der Waals surface area contributed by atoms with Crippen molar-refractivity contribution in [1.29, 1.82) is 0 Å². The van der Waals surface area contributed by atoms with Crippen LogP contribution in [0.15, 0.2) is 12.1 Å². The van der Waals surface area contributed by atoms with E-state index >= 15 is 0 Å². The largest absolute Gasteiger partial charge is 0.490 e. The summed E-state index contributed by atoms with van der Waals surface area (Å²) in [6.07, 6.45) is 0. The minimum atomic E-state index is -0.428. The molecule has 78 valence electrons. The molecule has 15 heavy (non-hydrogen) atoms. The van der Waals surface area contributed by atoms with E-state index in [9.17, 15) is 10.1 Å². The van der Waals surface area contributed by atoms with Crippen molar-refractivity contribution in [3.05, 3.63) is 27.9 Å². The molecule has 1 aromatic heterocycles. The third-order valence-electron chi connectivity index (χ3n) is 2.15. The number of fused-ring (bicyclic) bond motifs is 1. The summed E-state index contributed by atoms with van der Waals surface area (Å²) in [5.74, 6) is 0.274. The number of nitro groups is 1. The van der Waals surface area contributed by atoms with E-state index in [-0.39, 0.29) is 11.4 Å². The maximum absolute atomic E-state index is 10.9. The maximum atomic E-state index is 10.9. The minimum absolute atomic E-state index is 0.00116. The van der Waals surface area contributed by atoms with Gasteiger partial charge in [-0.05, 0) is 30.6 Å². The topological polar surface area (TPSA) is 65.3 Å². The standard InChI is InChI=1S/C9H8N2O3S/c1-5-8-7(15-10-5)4-3-6(14-2)9(8)11(12)13/h3-4H,1-2H3. The predicted molar refractivity (Wildman–Crippen MR) is 57.6 cm³/mol. The van der Waals surface area contributed by atoms with Gasteiger partial charge in [-0.2, -0.15) is 4.37 Å². The number of methoxy groups -OCH3 is 1. The molecule has 0 aliphatic rings. The molecule has 2 aromatic rings. The van der Waals surface area contributed by atoms with Crippen LogP contribution in [0, 0.1) is 17.0 Å². The fraction of sp³-hybridized carbons (Fsp3) is 0.222. The Bertz CT molecular complexity index is 535. The highest BCUT2D eigenvalue weighted by molar-refractivity contribution is 7.13. The van der Waals surface area contributed by atoms with Crippen LogP contribution in [0.1, 0.15) is 5.69 Å². The normalized spacial score (nSPS) is 10.5. The van der Waals surface area contributed by atoms with Gasteiger partial charge in [0.15, 0.2) is 5.75 Å². The lowest BCUT2D eigenvalue weighted by atomic mass is 10.2. The molecule has 0 bridgehead atoms. The van der Waals surface area contributed by atoms with E-state index in [4.69, 9.17) is 4.74 Å². The second-order valence-corrected chi connectivity index (χ2v) is 3.82. The van der Waals surface area contributed by atoms with Crippen LogP contribution in [0.3, 0.4) is 0 Å². The average Bonchev–Trinajstić information content (AvgIpc) is 2.59. The zero-order valence-corrected chi connectivity index (χ0v) is 9.00. The number of aromatic nitrogens is 1. The molecule has 0 amide bonds. The Morgan fingerprint density at radius 3 is 2.87 bits per heavy atom. The highest BCUT2D eigenvalue weighted by atomic mass is 32.1. The number of nitro benzene ring substituents is 1. The summed E-state index contributed by atoms with van der Waals surface area (Å²) in [6.45, 7) is 1.76. The van der Waals surface area contributed by atoms with E-state index in [1.54, 1.807) is 19.1 Å². The van der Waals surface area contributed by atoms with E-state index in [1.165, 1.54) is 18.6 Å². The number of nitrogens with zero attached hydrogens (tertiary/aromatic N) is 2. The average molecular weight is 224 g/mol. The summed E-state index contributed by atoms with van der Waals surface area (Å²) in [5.41, 5.74) is 0.668. The third-order valence-corrected chi connectivity index (χ3v) is 3.05. The summed E-state index contributed by atoms with van der Waals surface area (Å²) in [4.78, 5) is 10.5. The van der Waals surface area contributed by atoms with Gasteiger partial charge in [0, 0.05) is 0 Å². The number of hydrogen-bond acceptors (Lipinski definition) is 5. The van der Waals surface area contributed by atoms with Gasteiger partial charge in [0.2, 0.25) is 0 Å². The number of hydrogen-bond donors (Lipinski definition) is 0. The van der Waals surface area contributed by atoms with Crippen LogP contribution < -0.4 is 4.74 Å². The van der Waals surface area contributed by atoms with Crippen LogP contribution in [0.5, 0.6) is 5.75 Å². The predicted octanol–water partition coefficient (Wildman–Crippen LogP) is 2.52. The molecule has 0 N–H and O–H groups in total. The second kappa shape index (κ2) is 3.47. The second-order valence-electron chi connectivity index (χ2n) is 3.01. The molecule has 1 aromatic carbocycles. The van der Waals surface area contributed by atoms with Crippen LogP contribution in [0.25, 0.3) is 10.1 Å². The molecule has 2 rings (SSSR count). The molecule has 6 heteroatoms. The Kier molecular flexibility index (Phi) is 2.28. The van der Waals surface area contributed by atoms with Crippen LogP contribution >= 0.6 is 11.5 Å². The number of aryl methyl sites for hydroxylation is 1. The fourth-order valence-electron chi connectivity index (χ4n) is 1.49. The number of benzene rings is 1. The lowest BCUT2D eigenvalue weighted by molar-refractivity contribution is -0.384. The highest BCUT2D eigenvalue weighted by Crippen LogP contribution is 2.38. The van der Waals surface area contributed by atoms with Crippen LogP contribution in [0.2, 0.25) is 0 Å². The zero-order chi connectivity index (χ0) is 11.0. The molecule has 0 fully saturated rings. The molecular weight excluding hydrogens is 216 g/mol. The van der Waals surface area contributed by atoms with E-state index in [1.807, 2.05) is 0 Å². The smallest absolute Gasteiger partial charge is 0.321 e. The van der Waals surface area contributed by atoms with Gasteiger partial charge in [0.25, 0.3) is 0 Å². The van der Waals surface area contributed by atoms with Crippen LogP contribution in [-0.2, 0) is 0 Å². The number of rotatable bonds is 2. The lowest BCUT2D eigenvalue weighted by Gasteiger charge is -2.01. The van der Waals surface area contributed by atoms with Gasteiger partial charge in [-0.15, -0.1) is 0 Å². The van der Waals surface area contributed by atoms with Crippen molar-refractivity contribution in [3.63, 3.8) is 0 Å². The fourth-order valence-corrected chi connectivity index (χ4v) is 2.28. The Morgan fingerprint density at radius 2 is 2.27 bits per heavy atom. The SMILES string of the molecule is COc1ccc2snc(C)c2c1[N+](=O)[O-]. The van der Waals surface area contributed by atoms with Crippen molar-refractivity contribution in [1.82, 2.24) is 4.37 Å². The van der Waals surface area contributed by atoms with E-state index in [2.05, 4.69) is 4.37 Å². The van der Waals surface area contributed by atoms with Gasteiger partial charge in [-0.25, -0.2) is 0 Å². The third kappa shape index (κ3) is 1.42. The van der Waals surface area contributed by atoms with Crippen LogP contribution in [0.4, 0.5) is 5.69 Å². The van der Waals surface area contributed by atoms with Crippen molar-refractivity contribution in [3.8, 4) is 5.75 Å². The van der Waals surface area contributed by atoms with Gasteiger partial charge >= 0.3 is 5.69 Å².